The first-order chi connectivity index (χ1) is 11.0. The number of carbonyl (C=O) groups is 2. The molecule has 0 aliphatic heterocycles. The molecule has 3 amide bonds. The molecule has 1 aromatic carbocycles. The van der Waals surface area contributed by atoms with E-state index in [2.05, 4.69) is 20.8 Å². The van der Waals surface area contributed by atoms with Crippen molar-refractivity contribution in [3.63, 3.8) is 0 Å². The monoisotopic (exact) mass is 333 g/mol. The standard InChI is InChI=1S/C15H19N5O2S/c1-10-6-4-5-7-12(10)20-11(2)18-19-15(20)23-9-8-13(21)17-14(22)16-3/h4-7H,8-9H2,1-3H3,(H2,16,17,21,22). The van der Waals surface area contributed by atoms with Crippen LogP contribution in [0.1, 0.15) is 17.8 Å². The van der Waals surface area contributed by atoms with Crippen LogP contribution >= 0.6 is 11.8 Å². The van der Waals surface area contributed by atoms with Gasteiger partial charge in [-0.3, -0.25) is 14.7 Å². The maximum atomic E-state index is 11.6. The van der Waals surface area contributed by atoms with Crippen molar-refractivity contribution in [3.05, 3.63) is 35.7 Å². The van der Waals surface area contributed by atoms with Crippen LogP contribution in [0, 0.1) is 13.8 Å². The van der Waals surface area contributed by atoms with Crippen LogP contribution in [-0.2, 0) is 4.79 Å². The zero-order valence-corrected chi connectivity index (χ0v) is 14.1. The van der Waals surface area contributed by atoms with E-state index in [1.54, 1.807) is 0 Å². The van der Waals surface area contributed by atoms with Crippen LogP contribution in [0.25, 0.3) is 5.69 Å². The van der Waals surface area contributed by atoms with Gasteiger partial charge in [0.05, 0.1) is 5.69 Å². The number of hydrogen-bond donors (Lipinski definition) is 2. The number of hydrogen-bond acceptors (Lipinski definition) is 5. The summed E-state index contributed by atoms with van der Waals surface area (Å²) < 4.78 is 1.97. The summed E-state index contributed by atoms with van der Waals surface area (Å²) in [6.45, 7) is 3.92. The molecule has 0 fully saturated rings. The first-order valence-corrected chi connectivity index (χ1v) is 8.14. The summed E-state index contributed by atoms with van der Waals surface area (Å²) >= 11 is 1.43. The van der Waals surface area contributed by atoms with E-state index in [1.807, 2.05) is 42.7 Å². The van der Waals surface area contributed by atoms with Gasteiger partial charge in [-0.2, -0.15) is 0 Å². The second-order valence-corrected chi connectivity index (χ2v) is 5.94. The van der Waals surface area contributed by atoms with Gasteiger partial charge >= 0.3 is 6.03 Å². The number of para-hydroxylation sites is 1. The van der Waals surface area contributed by atoms with Gasteiger partial charge in [-0.25, -0.2) is 4.79 Å². The van der Waals surface area contributed by atoms with Crippen LogP contribution in [0.3, 0.4) is 0 Å². The molecule has 8 heteroatoms. The van der Waals surface area contributed by atoms with Crippen molar-refractivity contribution in [2.24, 2.45) is 0 Å². The highest BCUT2D eigenvalue weighted by Crippen LogP contribution is 2.24. The Bertz CT molecular complexity index is 714. The molecule has 0 aliphatic carbocycles. The Morgan fingerprint density at radius 1 is 1.22 bits per heavy atom. The van der Waals surface area contributed by atoms with Gasteiger partial charge in [0.25, 0.3) is 0 Å². The molecule has 0 saturated carbocycles. The molecule has 0 unspecified atom stereocenters. The van der Waals surface area contributed by atoms with Crippen molar-refractivity contribution in [1.29, 1.82) is 0 Å². The number of aryl methyl sites for hydroxylation is 2. The molecular formula is C15H19N5O2S. The third kappa shape index (κ3) is 4.32. The van der Waals surface area contributed by atoms with Crippen molar-refractivity contribution >= 4 is 23.7 Å². The molecule has 0 spiro atoms. The molecule has 1 heterocycles. The van der Waals surface area contributed by atoms with Gasteiger partial charge in [0, 0.05) is 19.2 Å². The lowest BCUT2D eigenvalue weighted by Gasteiger charge is -2.11. The zero-order chi connectivity index (χ0) is 16.8. The number of imide groups is 1. The molecule has 23 heavy (non-hydrogen) atoms. The predicted molar refractivity (Wildman–Crippen MR) is 88.8 cm³/mol. The van der Waals surface area contributed by atoms with E-state index in [1.165, 1.54) is 18.8 Å². The quantitative estimate of drug-likeness (QED) is 0.815. The van der Waals surface area contributed by atoms with Gasteiger partial charge < -0.3 is 5.32 Å². The normalized spacial score (nSPS) is 10.4. The number of aromatic nitrogens is 3. The van der Waals surface area contributed by atoms with Crippen LogP contribution in [0.5, 0.6) is 0 Å². The van der Waals surface area contributed by atoms with Gasteiger partial charge in [0.1, 0.15) is 5.82 Å². The molecule has 0 aliphatic rings. The summed E-state index contributed by atoms with van der Waals surface area (Å²) in [4.78, 5) is 22.6. The average Bonchev–Trinajstić information content (AvgIpc) is 2.88. The number of thioether (sulfide) groups is 1. The number of nitrogens with zero attached hydrogens (tertiary/aromatic N) is 3. The fourth-order valence-corrected chi connectivity index (χ4v) is 2.94. The van der Waals surface area contributed by atoms with Gasteiger partial charge in [-0.1, -0.05) is 30.0 Å². The molecular weight excluding hydrogens is 314 g/mol. The first kappa shape index (κ1) is 17.0. The second kappa shape index (κ2) is 7.77. The largest absolute Gasteiger partial charge is 0.341 e. The number of nitrogens with one attached hydrogen (secondary N) is 2. The smallest absolute Gasteiger partial charge is 0.321 e. The van der Waals surface area contributed by atoms with Crippen molar-refractivity contribution in [3.8, 4) is 5.69 Å². The highest BCUT2D eigenvalue weighted by Gasteiger charge is 2.14. The van der Waals surface area contributed by atoms with Crippen LogP contribution in [0.15, 0.2) is 29.4 Å². The molecule has 0 bridgehead atoms. The number of rotatable bonds is 5. The maximum Gasteiger partial charge on any atom is 0.321 e. The van der Waals surface area contributed by atoms with E-state index in [0.717, 1.165) is 22.2 Å². The van der Waals surface area contributed by atoms with Gasteiger partial charge in [0.15, 0.2) is 5.16 Å². The lowest BCUT2D eigenvalue weighted by Crippen LogP contribution is -2.37. The molecule has 122 valence electrons. The van der Waals surface area contributed by atoms with Crippen LogP contribution in [0.4, 0.5) is 4.79 Å². The van der Waals surface area contributed by atoms with E-state index >= 15 is 0 Å². The predicted octanol–water partition coefficient (Wildman–Crippen LogP) is 1.82. The number of urea groups is 1. The third-order valence-corrected chi connectivity index (χ3v) is 4.12. The van der Waals surface area contributed by atoms with Gasteiger partial charge in [0.2, 0.25) is 5.91 Å². The van der Waals surface area contributed by atoms with Crippen molar-refractivity contribution in [2.75, 3.05) is 12.8 Å². The van der Waals surface area contributed by atoms with Crippen LogP contribution in [-0.4, -0.2) is 39.5 Å². The fraction of sp³-hybridized carbons (Fsp3) is 0.333. The van der Waals surface area contributed by atoms with Crippen LogP contribution in [0.2, 0.25) is 0 Å². The van der Waals surface area contributed by atoms with Crippen LogP contribution < -0.4 is 10.6 Å². The summed E-state index contributed by atoms with van der Waals surface area (Å²) in [7, 11) is 1.46. The topological polar surface area (TPSA) is 88.9 Å². The Morgan fingerprint density at radius 3 is 2.65 bits per heavy atom. The third-order valence-electron chi connectivity index (χ3n) is 3.19. The Balaban J connectivity index is 2.04. The minimum absolute atomic E-state index is 0.220. The van der Waals surface area contributed by atoms with Crippen molar-refractivity contribution in [1.82, 2.24) is 25.4 Å². The highest BCUT2D eigenvalue weighted by atomic mass is 32.2. The first-order valence-electron chi connectivity index (χ1n) is 7.15. The fourth-order valence-electron chi connectivity index (χ4n) is 2.01. The molecule has 2 rings (SSSR count). The molecule has 2 N–H and O–H groups in total. The van der Waals surface area contributed by atoms with Crippen molar-refractivity contribution in [2.45, 2.75) is 25.4 Å². The average molecular weight is 333 g/mol. The second-order valence-electron chi connectivity index (χ2n) is 4.88. The summed E-state index contributed by atoms with van der Waals surface area (Å²) in [6, 6.07) is 7.48. The highest BCUT2D eigenvalue weighted by molar-refractivity contribution is 7.99. The number of carbonyl (C=O) groups excluding carboxylic acids is 2. The Kier molecular flexibility index (Phi) is 5.75. The molecule has 0 saturated heterocycles. The zero-order valence-electron chi connectivity index (χ0n) is 13.3. The molecule has 2 aromatic rings. The van der Waals surface area contributed by atoms with Gasteiger partial charge in [-0.05, 0) is 25.5 Å². The van der Waals surface area contributed by atoms with E-state index in [9.17, 15) is 9.59 Å². The summed E-state index contributed by atoms with van der Waals surface area (Å²) in [5, 5.41) is 13.6. The molecule has 0 atom stereocenters. The summed E-state index contributed by atoms with van der Waals surface area (Å²) in [5.41, 5.74) is 2.14. The Labute approximate surface area is 138 Å². The Hall–Kier alpha value is -2.35. The number of amides is 3. The van der Waals surface area contributed by atoms with Crippen molar-refractivity contribution < 1.29 is 9.59 Å². The number of benzene rings is 1. The molecule has 0 radical (unpaired) electrons. The molecule has 1 aromatic heterocycles. The summed E-state index contributed by atoms with van der Waals surface area (Å²) in [5.74, 6) is 0.972. The molecule has 7 nitrogen and oxygen atoms in total. The van der Waals surface area contributed by atoms with E-state index in [4.69, 9.17) is 0 Å². The maximum absolute atomic E-state index is 11.6. The minimum Gasteiger partial charge on any atom is -0.341 e. The van der Waals surface area contributed by atoms with E-state index in [-0.39, 0.29) is 12.3 Å². The van der Waals surface area contributed by atoms with E-state index in [0.29, 0.717) is 5.75 Å². The SMILES string of the molecule is CNC(=O)NC(=O)CCSc1nnc(C)n1-c1ccccc1C. The lowest BCUT2D eigenvalue weighted by molar-refractivity contribution is -0.119. The van der Waals surface area contributed by atoms with Gasteiger partial charge in [-0.15, -0.1) is 10.2 Å². The van der Waals surface area contributed by atoms with E-state index < -0.39 is 6.03 Å². The Morgan fingerprint density at radius 2 is 1.96 bits per heavy atom. The summed E-state index contributed by atoms with van der Waals surface area (Å²) in [6.07, 6.45) is 0.220. The minimum atomic E-state index is -0.501. The lowest BCUT2D eigenvalue weighted by atomic mass is 10.2.